The van der Waals surface area contributed by atoms with Crippen molar-refractivity contribution in [1.29, 1.82) is 0 Å². The quantitative estimate of drug-likeness (QED) is 0.184. The Morgan fingerprint density at radius 3 is 2.12 bits per heavy atom. The molecule has 2 atom stereocenters. The van der Waals surface area contributed by atoms with Crippen LogP contribution in [0.3, 0.4) is 0 Å². The zero-order valence-electron chi connectivity index (χ0n) is 23.7. The summed E-state index contributed by atoms with van der Waals surface area (Å²) in [5, 5.41) is 10.7. The van der Waals surface area contributed by atoms with Crippen LogP contribution >= 0.6 is 34.8 Å². The van der Waals surface area contributed by atoms with E-state index in [1.54, 1.807) is 42.5 Å². The summed E-state index contributed by atoms with van der Waals surface area (Å²) in [4.78, 5) is 34.3. The highest BCUT2D eigenvalue weighted by Gasteiger charge is 2.36. The molecule has 0 bridgehead atoms. The first-order chi connectivity index (χ1) is 20.7. The molecule has 43 heavy (non-hydrogen) atoms. The highest BCUT2D eigenvalue weighted by atomic mass is 35.5. The van der Waals surface area contributed by atoms with Gasteiger partial charge in [0.2, 0.25) is 11.8 Å². The number of anilines is 2. The number of hydrogen-bond acceptors (Lipinski definition) is 5. The topological polar surface area (TPSA) is 96.5 Å². The molecule has 0 aromatic heterocycles. The second-order valence-corrected chi connectivity index (χ2v) is 10.6. The number of piperidine rings is 1. The number of ether oxygens (including phenoxy) is 1. The van der Waals surface area contributed by atoms with Crippen LogP contribution in [-0.2, 0) is 14.4 Å². The fourth-order valence-electron chi connectivity index (χ4n) is 4.26. The number of halogens is 3. The van der Waals surface area contributed by atoms with Crippen LogP contribution in [0.1, 0.15) is 31.4 Å². The highest BCUT2D eigenvalue weighted by molar-refractivity contribution is 6.31. The van der Waals surface area contributed by atoms with E-state index in [-0.39, 0.29) is 18.2 Å². The second-order valence-electron chi connectivity index (χ2n) is 9.28. The van der Waals surface area contributed by atoms with Gasteiger partial charge in [0, 0.05) is 45.5 Å². The van der Waals surface area contributed by atoms with Gasteiger partial charge < -0.3 is 25.5 Å². The molecule has 224 valence electrons. The third-order valence-electron chi connectivity index (χ3n) is 6.24. The van der Waals surface area contributed by atoms with E-state index in [0.717, 1.165) is 17.0 Å². The maximum absolute atomic E-state index is 13.2. The van der Waals surface area contributed by atoms with E-state index in [1.165, 1.54) is 6.92 Å². The molecule has 3 N–H and O–H groups in total. The summed E-state index contributed by atoms with van der Waals surface area (Å²) in [5.41, 5.74) is 2.19. The Hall–Kier alpha value is -4.04. The molecule has 0 radical (unpaired) electrons. The molecule has 4 aromatic rings. The summed E-state index contributed by atoms with van der Waals surface area (Å²) in [6.07, 6.45) is 1.40. The van der Waals surface area contributed by atoms with Crippen molar-refractivity contribution in [1.82, 2.24) is 5.32 Å². The van der Waals surface area contributed by atoms with E-state index in [4.69, 9.17) is 44.3 Å². The van der Waals surface area contributed by atoms with Gasteiger partial charge >= 0.3 is 0 Å². The lowest BCUT2D eigenvalue weighted by atomic mass is 9.84. The van der Waals surface area contributed by atoms with Crippen molar-refractivity contribution in [3.8, 4) is 11.5 Å². The zero-order valence-corrected chi connectivity index (χ0v) is 25.9. The van der Waals surface area contributed by atoms with E-state index in [9.17, 15) is 9.59 Å². The predicted molar refractivity (Wildman–Crippen MR) is 174 cm³/mol. The summed E-state index contributed by atoms with van der Waals surface area (Å²) in [5.74, 6) is 0.279. The molecule has 1 saturated heterocycles. The SMILES string of the molecule is CC=O.CNc1ccc(Oc2ccc(Cl)cc2[C@H]2NC(=O)CCC2C(=O)Nc2cccc(Cl)c2)cc1.Clc1ccccc1. The summed E-state index contributed by atoms with van der Waals surface area (Å²) in [7, 11) is 1.84. The van der Waals surface area contributed by atoms with Crippen molar-refractivity contribution < 1.29 is 19.1 Å². The molecule has 5 rings (SSSR count). The molecule has 0 aliphatic carbocycles. The van der Waals surface area contributed by atoms with Gasteiger partial charge in [-0.1, -0.05) is 59.1 Å². The molecule has 1 fully saturated rings. The molecule has 10 heteroatoms. The van der Waals surface area contributed by atoms with Gasteiger partial charge in [-0.25, -0.2) is 0 Å². The molecular weight excluding hydrogens is 609 g/mol. The van der Waals surface area contributed by atoms with Crippen LogP contribution in [0, 0.1) is 5.92 Å². The summed E-state index contributed by atoms with van der Waals surface area (Å²) in [6, 6.07) is 28.5. The molecule has 1 aliphatic rings. The number of rotatable bonds is 6. The number of amides is 2. The maximum atomic E-state index is 13.2. The standard InChI is InChI=1S/C25H23Cl2N3O3.C6H5Cl.C2H4O/c1-28-17-6-8-19(9-7-17)33-22-11-5-16(27)14-21(22)24-20(10-12-23(31)30-24)25(32)29-18-4-2-3-15(26)13-18;7-6-4-2-1-3-5-6;1-2-3/h2-9,11,13-14,20,24,28H,10,12H2,1H3,(H,29,32)(H,30,31);1-5H;2H,1H3/t20?,24-;;/m0../s1. The Balaban J connectivity index is 0.000000432. The molecule has 1 unspecified atom stereocenters. The number of carbonyl (C=O) groups excluding carboxylic acids is 3. The fourth-order valence-corrected chi connectivity index (χ4v) is 4.78. The van der Waals surface area contributed by atoms with Crippen LogP contribution < -0.4 is 20.7 Å². The number of carbonyl (C=O) groups is 3. The first-order valence-electron chi connectivity index (χ1n) is 13.4. The molecule has 0 spiro atoms. The van der Waals surface area contributed by atoms with Crippen LogP contribution in [0.5, 0.6) is 11.5 Å². The normalized spacial score (nSPS) is 15.3. The summed E-state index contributed by atoms with van der Waals surface area (Å²) in [6.45, 7) is 1.44. The van der Waals surface area contributed by atoms with Crippen molar-refractivity contribution in [3.05, 3.63) is 118 Å². The molecule has 7 nitrogen and oxygen atoms in total. The van der Waals surface area contributed by atoms with Crippen LogP contribution in [0.4, 0.5) is 11.4 Å². The average molecular weight is 641 g/mol. The smallest absolute Gasteiger partial charge is 0.229 e. The lowest BCUT2D eigenvalue weighted by Crippen LogP contribution is -2.43. The van der Waals surface area contributed by atoms with Gasteiger partial charge in [0.1, 0.15) is 17.8 Å². The van der Waals surface area contributed by atoms with Crippen molar-refractivity contribution >= 4 is 64.3 Å². The number of benzene rings is 4. The Morgan fingerprint density at radius 2 is 1.51 bits per heavy atom. The number of nitrogens with one attached hydrogen (secondary N) is 3. The molecular formula is C33H32Cl3N3O4. The predicted octanol–water partition coefficient (Wildman–Crippen LogP) is 8.58. The van der Waals surface area contributed by atoms with E-state index < -0.39 is 12.0 Å². The first kappa shape index (κ1) is 33.5. The van der Waals surface area contributed by atoms with Crippen LogP contribution in [0.25, 0.3) is 0 Å². The fraction of sp³-hybridized carbons (Fsp3) is 0.182. The van der Waals surface area contributed by atoms with E-state index in [2.05, 4.69) is 16.0 Å². The lowest BCUT2D eigenvalue weighted by Gasteiger charge is -2.32. The third kappa shape index (κ3) is 10.6. The van der Waals surface area contributed by atoms with Gasteiger partial charge in [0.15, 0.2) is 0 Å². The van der Waals surface area contributed by atoms with Crippen molar-refractivity contribution in [2.24, 2.45) is 5.92 Å². The van der Waals surface area contributed by atoms with Gasteiger partial charge in [-0.15, -0.1) is 0 Å². The largest absolute Gasteiger partial charge is 0.457 e. The molecule has 4 aromatic carbocycles. The van der Waals surface area contributed by atoms with Gasteiger partial charge in [0.25, 0.3) is 0 Å². The molecule has 0 saturated carbocycles. The zero-order chi connectivity index (χ0) is 31.2. The Bertz CT molecular complexity index is 1500. The van der Waals surface area contributed by atoms with Gasteiger partial charge in [-0.3, -0.25) is 9.59 Å². The van der Waals surface area contributed by atoms with Crippen molar-refractivity contribution in [3.63, 3.8) is 0 Å². The summed E-state index contributed by atoms with van der Waals surface area (Å²) >= 11 is 17.9. The number of aldehydes is 1. The molecule has 2 amide bonds. The Kier molecular flexibility index (Phi) is 13.4. The summed E-state index contributed by atoms with van der Waals surface area (Å²) < 4.78 is 6.13. The van der Waals surface area contributed by atoms with Gasteiger partial charge in [-0.2, -0.15) is 0 Å². The number of hydrogen-bond donors (Lipinski definition) is 3. The van der Waals surface area contributed by atoms with Crippen LogP contribution in [0.15, 0.2) is 97.1 Å². The first-order valence-corrected chi connectivity index (χ1v) is 14.6. The van der Waals surface area contributed by atoms with Crippen LogP contribution in [0.2, 0.25) is 15.1 Å². The Morgan fingerprint density at radius 1 is 0.860 bits per heavy atom. The van der Waals surface area contributed by atoms with Crippen LogP contribution in [-0.4, -0.2) is 25.1 Å². The van der Waals surface area contributed by atoms with Gasteiger partial charge in [0.05, 0.1) is 12.0 Å². The third-order valence-corrected chi connectivity index (χ3v) is 6.96. The van der Waals surface area contributed by atoms with E-state index in [0.29, 0.717) is 39.2 Å². The second kappa shape index (κ2) is 17.2. The maximum Gasteiger partial charge on any atom is 0.229 e. The van der Waals surface area contributed by atoms with Crippen molar-refractivity contribution in [2.75, 3.05) is 17.7 Å². The van der Waals surface area contributed by atoms with E-state index >= 15 is 0 Å². The van der Waals surface area contributed by atoms with E-state index in [1.807, 2.05) is 61.6 Å². The lowest BCUT2D eigenvalue weighted by molar-refractivity contribution is -0.128. The highest BCUT2D eigenvalue weighted by Crippen LogP contribution is 2.39. The van der Waals surface area contributed by atoms with Gasteiger partial charge in [-0.05, 0) is 86.1 Å². The Labute approximate surface area is 266 Å². The average Bonchev–Trinajstić information content (AvgIpc) is 2.99. The minimum absolute atomic E-state index is 0.129. The molecule has 1 aliphatic heterocycles. The molecule has 1 heterocycles. The van der Waals surface area contributed by atoms with Crippen molar-refractivity contribution in [2.45, 2.75) is 25.8 Å². The minimum atomic E-state index is -0.601. The minimum Gasteiger partial charge on any atom is -0.457 e. The monoisotopic (exact) mass is 639 g/mol.